The number of aromatic nitrogens is 9. The van der Waals surface area contributed by atoms with Crippen LogP contribution in [0.25, 0.3) is 34.0 Å². The zero-order valence-corrected chi connectivity index (χ0v) is 17.8. The topological polar surface area (TPSA) is 101 Å². The Morgan fingerprint density at radius 2 is 1.70 bits per heavy atom. The van der Waals surface area contributed by atoms with Crippen molar-refractivity contribution in [3.63, 3.8) is 0 Å². The molecule has 0 amide bonds. The Balaban J connectivity index is 0.000000157. The van der Waals surface area contributed by atoms with Gasteiger partial charge in [0.25, 0.3) is 0 Å². The van der Waals surface area contributed by atoms with E-state index in [2.05, 4.69) is 52.4 Å². The van der Waals surface area contributed by atoms with E-state index < -0.39 is 0 Å². The summed E-state index contributed by atoms with van der Waals surface area (Å²) < 4.78 is 3.90. The molecule has 4 heterocycles. The average molecular weight is 572 g/mol. The monoisotopic (exact) mass is 572 g/mol. The molecule has 0 saturated heterocycles. The number of para-hydroxylation sites is 3. The van der Waals surface area contributed by atoms with Crippen molar-refractivity contribution in [2.24, 2.45) is 0 Å². The summed E-state index contributed by atoms with van der Waals surface area (Å²) in [5.41, 5.74) is 3.78. The molecule has 9 nitrogen and oxygen atoms in total. The van der Waals surface area contributed by atoms with E-state index in [0.717, 1.165) is 22.5 Å². The number of hydrogen-bond donors (Lipinski definition) is 0. The first-order valence-electron chi connectivity index (χ1n) is 8.78. The SMILES string of the molecule is [Ir].[c-]1ccccc1-n1c2ccccc2n2ncnc12.c1ccc(-c2nnn[n-]2)nc1. The summed E-state index contributed by atoms with van der Waals surface area (Å²) in [6.45, 7) is 0. The van der Waals surface area contributed by atoms with Crippen molar-refractivity contribution in [3.8, 4) is 17.2 Å². The van der Waals surface area contributed by atoms with E-state index in [9.17, 15) is 0 Å². The van der Waals surface area contributed by atoms with Gasteiger partial charge in [-0.25, -0.2) is 0 Å². The normalized spacial score (nSPS) is 10.4. The van der Waals surface area contributed by atoms with Crippen LogP contribution in [-0.2, 0) is 20.1 Å². The fraction of sp³-hybridized carbons (Fsp3) is 0. The molecule has 30 heavy (non-hydrogen) atoms. The zero-order chi connectivity index (χ0) is 19.5. The van der Waals surface area contributed by atoms with Gasteiger partial charge in [-0.2, -0.15) is 44.1 Å². The summed E-state index contributed by atoms with van der Waals surface area (Å²) in [5, 5.41) is 18.3. The fourth-order valence-corrected chi connectivity index (χ4v) is 3.00. The number of nitrogens with zero attached hydrogens (tertiary/aromatic N) is 9. The van der Waals surface area contributed by atoms with Crippen LogP contribution in [0.15, 0.2) is 79.3 Å². The van der Waals surface area contributed by atoms with Gasteiger partial charge in [-0.3, -0.25) is 15.3 Å². The van der Waals surface area contributed by atoms with Crippen molar-refractivity contribution in [2.45, 2.75) is 0 Å². The smallest absolute Gasteiger partial charge is 0.236 e. The van der Waals surface area contributed by atoms with E-state index in [0.29, 0.717) is 11.5 Å². The number of fused-ring (bicyclic) bond motifs is 3. The van der Waals surface area contributed by atoms with Gasteiger partial charge in [0.1, 0.15) is 6.33 Å². The van der Waals surface area contributed by atoms with Crippen LogP contribution in [0.2, 0.25) is 0 Å². The van der Waals surface area contributed by atoms with Crippen LogP contribution in [0.5, 0.6) is 0 Å². The van der Waals surface area contributed by atoms with E-state index in [-0.39, 0.29) is 20.1 Å². The van der Waals surface area contributed by atoms with Crippen LogP contribution >= 0.6 is 0 Å². The maximum absolute atomic E-state index is 4.33. The molecule has 1 radical (unpaired) electrons. The van der Waals surface area contributed by atoms with Crippen LogP contribution in [0.1, 0.15) is 0 Å². The minimum atomic E-state index is 0. The number of benzene rings is 2. The predicted molar refractivity (Wildman–Crippen MR) is 105 cm³/mol. The molecule has 0 aliphatic rings. The molecule has 2 aromatic carbocycles. The minimum Gasteiger partial charge on any atom is -0.329 e. The molecule has 0 atom stereocenters. The molecule has 0 fully saturated rings. The van der Waals surface area contributed by atoms with Crippen molar-refractivity contribution in [2.75, 3.05) is 0 Å². The average Bonchev–Trinajstić information content (AvgIpc) is 3.53. The molecule has 6 aromatic rings. The Hall–Kier alpha value is -3.75. The van der Waals surface area contributed by atoms with Gasteiger partial charge in [0.2, 0.25) is 5.78 Å². The fourth-order valence-electron chi connectivity index (χ4n) is 3.00. The summed E-state index contributed by atoms with van der Waals surface area (Å²) in [7, 11) is 0. The maximum atomic E-state index is 4.33. The van der Waals surface area contributed by atoms with Crippen molar-refractivity contribution in [1.82, 2.24) is 44.8 Å². The predicted octanol–water partition coefficient (Wildman–Crippen LogP) is 2.36. The van der Waals surface area contributed by atoms with E-state index in [1.54, 1.807) is 18.6 Å². The number of imidazole rings is 1. The number of rotatable bonds is 2. The molecule has 4 aromatic heterocycles. The van der Waals surface area contributed by atoms with Gasteiger partial charge in [-0.05, 0) is 24.3 Å². The first kappa shape index (κ1) is 19.6. The second-order valence-corrected chi connectivity index (χ2v) is 5.96. The van der Waals surface area contributed by atoms with Crippen LogP contribution in [-0.4, -0.2) is 39.7 Å². The van der Waals surface area contributed by atoms with E-state index in [1.165, 1.54) is 0 Å². The number of tetrazole rings is 1. The standard InChI is InChI=1S/C14H9N4.C6H4N5.Ir/c1-2-6-11(7-3-1)17-12-8-4-5-9-13(12)18-14(17)15-10-16-18;1-2-4-7-5(3-1)6-8-10-11-9-6;/h1-6,8-10H;1-4H;/q2*-1;. The third kappa shape index (κ3) is 3.61. The van der Waals surface area contributed by atoms with E-state index in [4.69, 9.17) is 0 Å². The van der Waals surface area contributed by atoms with Crippen LogP contribution in [0.3, 0.4) is 0 Å². The van der Waals surface area contributed by atoms with Gasteiger partial charge in [0.15, 0.2) is 0 Å². The first-order valence-corrected chi connectivity index (χ1v) is 8.78. The Kier molecular flexibility index (Phi) is 5.69. The van der Waals surface area contributed by atoms with Gasteiger partial charge in [0, 0.05) is 26.3 Å². The van der Waals surface area contributed by atoms with Crippen LogP contribution in [0.4, 0.5) is 0 Å². The summed E-state index contributed by atoms with van der Waals surface area (Å²) in [6, 6.07) is 24.7. The molecule has 149 valence electrons. The third-order valence-electron chi connectivity index (χ3n) is 4.23. The maximum Gasteiger partial charge on any atom is 0.236 e. The minimum absolute atomic E-state index is 0. The molecule has 0 saturated carbocycles. The Morgan fingerprint density at radius 1 is 0.867 bits per heavy atom. The number of pyridine rings is 1. The quantitative estimate of drug-likeness (QED) is 0.294. The second-order valence-electron chi connectivity index (χ2n) is 5.96. The summed E-state index contributed by atoms with van der Waals surface area (Å²) in [4.78, 5) is 8.34. The second kappa shape index (κ2) is 8.73. The largest absolute Gasteiger partial charge is 0.329 e. The first-order chi connectivity index (χ1) is 14.4. The molecule has 10 heteroatoms. The third-order valence-corrected chi connectivity index (χ3v) is 4.23. The molecule has 0 aliphatic heterocycles. The van der Waals surface area contributed by atoms with Crippen LogP contribution < -0.4 is 5.10 Å². The molecule has 0 spiro atoms. The molecule has 0 N–H and O–H groups in total. The summed E-state index contributed by atoms with van der Waals surface area (Å²) >= 11 is 0. The molecular formula is C20H13IrN9-2. The van der Waals surface area contributed by atoms with Crippen molar-refractivity contribution < 1.29 is 20.1 Å². The van der Waals surface area contributed by atoms with Gasteiger partial charge in [-0.15, -0.1) is 6.07 Å². The molecular weight excluding hydrogens is 559 g/mol. The van der Waals surface area contributed by atoms with E-state index in [1.807, 2.05) is 59.1 Å². The van der Waals surface area contributed by atoms with Gasteiger partial charge in [-0.1, -0.05) is 23.9 Å². The molecule has 0 unspecified atom stereocenters. The van der Waals surface area contributed by atoms with Gasteiger partial charge < -0.3 is 9.67 Å². The van der Waals surface area contributed by atoms with Crippen LogP contribution in [0, 0.1) is 6.07 Å². The zero-order valence-electron chi connectivity index (χ0n) is 15.4. The summed E-state index contributed by atoms with van der Waals surface area (Å²) in [6.07, 6.45) is 3.24. The Labute approximate surface area is 184 Å². The van der Waals surface area contributed by atoms with Crippen molar-refractivity contribution >= 4 is 16.8 Å². The Bertz CT molecular complexity index is 1340. The molecule has 0 aliphatic carbocycles. The van der Waals surface area contributed by atoms with Gasteiger partial charge in [0.05, 0.1) is 22.6 Å². The molecule has 0 bridgehead atoms. The van der Waals surface area contributed by atoms with Crippen molar-refractivity contribution in [3.05, 3.63) is 85.3 Å². The summed E-state index contributed by atoms with van der Waals surface area (Å²) in [5.74, 6) is 1.27. The van der Waals surface area contributed by atoms with E-state index >= 15 is 0 Å². The molecule has 6 rings (SSSR count). The number of hydrogen-bond acceptors (Lipinski definition) is 6. The Morgan fingerprint density at radius 3 is 2.43 bits per heavy atom. The van der Waals surface area contributed by atoms with Gasteiger partial charge >= 0.3 is 0 Å². The van der Waals surface area contributed by atoms with Crippen molar-refractivity contribution in [1.29, 1.82) is 0 Å².